The summed E-state index contributed by atoms with van der Waals surface area (Å²) in [4.78, 5) is 31.1. The molecule has 0 radical (unpaired) electrons. The summed E-state index contributed by atoms with van der Waals surface area (Å²) in [6, 6.07) is 9.73. The van der Waals surface area contributed by atoms with Crippen molar-refractivity contribution >= 4 is 33.5 Å². The number of aryl methyl sites for hydroxylation is 2. The fourth-order valence-corrected chi connectivity index (χ4v) is 6.82. The van der Waals surface area contributed by atoms with Crippen LogP contribution in [-0.4, -0.2) is 43.4 Å². The smallest absolute Gasteiger partial charge is 0.314 e. The monoisotopic (exact) mass is 551 g/mol. The van der Waals surface area contributed by atoms with Crippen molar-refractivity contribution in [2.75, 3.05) is 14.2 Å². The summed E-state index contributed by atoms with van der Waals surface area (Å²) < 4.78 is 23.5. The Balaban J connectivity index is 1.43. The Morgan fingerprint density at radius 3 is 1.74 bits per heavy atom. The lowest BCUT2D eigenvalue weighted by atomic mass is 9.87. The quantitative estimate of drug-likeness (QED) is 0.236. The summed E-state index contributed by atoms with van der Waals surface area (Å²) in [7, 11) is 3.44. The lowest BCUT2D eigenvalue weighted by molar-refractivity contribution is -0.141. The number of aromatic nitrogens is 1. The normalized spacial score (nSPS) is 23.5. The van der Waals surface area contributed by atoms with E-state index in [4.69, 9.17) is 23.9 Å². The number of hydrogen-bond donors (Lipinski definition) is 0. The second kappa shape index (κ2) is 12.1. The van der Waals surface area contributed by atoms with Gasteiger partial charge in [-0.3, -0.25) is 9.59 Å². The van der Waals surface area contributed by atoms with Crippen molar-refractivity contribution in [1.29, 1.82) is 0 Å². The molecule has 0 bridgehead atoms. The van der Waals surface area contributed by atoms with Crippen LogP contribution in [0.3, 0.4) is 0 Å². The Bertz CT molecular complexity index is 1240. The molecule has 0 saturated heterocycles. The zero-order valence-corrected chi connectivity index (χ0v) is 24.0. The number of rotatable bonds is 7. The number of nitrogens with zero attached hydrogens (tertiary/aromatic N) is 1. The largest absolute Gasteiger partial charge is 0.425 e. The molecular formula is C31H37NO6S. The van der Waals surface area contributed by atoms with E-state index < -0.39 is 0 Å². The molecule has 7 nitrogen and oxygen atoms in total. The Morgan fingerprint density at radius 2 is 1.23 bits per heavy atom. The fourth-order valence-electron chi connectivity index (χ4n) is 5.80. The first-order valence-electron chi connectivity index (χ1n) is 13.9. The van der Waals surface area contributed by atoms with Gasteiger partial charge in [-0.1, -0.05) is 17.2 Å². The van der Waals surface area contributed by atoms with E-state index in [2.05, 4.69) is 32.0 Å². The maximum atomic E-state index is 13.1. The van der Waals surface area contributed by atoms with Crippen LogP contribution in [0.1, 0.15) is 62.5 Å². The van der Waals surface area contributed by atoms with Crippen molar-refractivity contribution in [3.8, 4) is 22.1 Å². The fraction of sp³-hybridized carbons (Fsp3) is 0.516. The first-order chi connectivity index (χ1) is 18.8. The zero-order valence-electron chi connectivity index (χ0n) is 23.2. The molecule has 39 heavy (non-hydrogen) atoms. The Kier molecular flexibility index (Phi) is 8.64. The maximum absolute atomic E-state index is 13.1. The molecule has 2 fully saturated rings. The highest BCUT2D eigenvalue weighted by molar-refractivity contribution is 7.22. The summed E-state index contributed by atoms with van der Waals surface area (Å²) >= 11 is 1.45. The summed E-state index contributed by atoms with van der Waals surface area (Å²) in [5.41, 5.74) is 3.81. The molecule has 1 aromatic heterocycles. The standard InChI is InChI=1S/C31H37NO6S/c1-18-15-19(2)17-22(16-18)29-32-27-25(37-30(33)20-5-9-23(35-3)10-6-20)13-14-26(28(27)39-29)38-31(34)21-7-11-24(36-4)12-8-21/h13-17,20-21,23-24H,5-12H2,1-4H3. The molecule has 5 rings (SSSR count). The van der Waals surface area contributed by atoms with Gasteiger partial charge >= 0.3 is 11.9 Å². The van der Waals surface area contributed by atoms with E-state index in [1.807, 2.05) is 0 Å². The number of fused-ring (bicyclic) bond motifs is 1. The minimum Gasteiger partial charge on any atom is -0.425 e. The number of carbonyl (C=O) groups excluding carboxylic acids is 2. The van der Waals surface area contributed by atoms with Gasteiger partial charge in [-0.2, -0.15) is 0 Å². The molecule has 2 aliphatic rings. The van der Waals surface area contributed by atoms with E-state index in [9.17, 15) is 9.59 Å². The van der Waals surface area contributed by atoms with Gasteiger partial charge in [0.25, 0.3) is 0 Å². The van der Waals surface area contributed by atoms with Gasteiger partial charge < -0.3 is 18.9 Å². The van der Waals surface area contributed by atoms with Crippen molar-refractivity contribution in [3.63, 3.8) is 0 Å². The van der Waals surface area contributed by atoms with Gasteiger partial charge in [0.1, 0.15) is 15.2 Å². The van der Waals surface area contributed by atoms with Gasteiger partial charge in [-0.15, -0.1) is 11.3 Å². The molecule has 0 amide bonds. The molecule has 1 heterocycles. The van der Waals surface area contributed by atoms with Crippen LogP contribution in [0.2, 0.25) is 0 Å². The Hall–Kier alpha value is -2.81. The van der Waals surface area contributed by atoms with Gasteiger partial charge in [-0.25, -0.2) is 4.98 Å². The van der Waals surface area contributed by atoms with Gasteiger partial charge in [0.05, 0.1) is 24.0 Å². The van der Waals surface area contributed by atoms with Crippen molar-refractivity contribution < 1.29 is 28.5 Å². The predicted molar refractivity (Wildman–Crippen MR) is 151 cm³/mol. The molecular weight excluding hydrogens is 514 g/mol. The summed E-state index contributed by atoms with van der Waals surface area (Å²) in [5.74, 6) is 0.0635. The third-order valence-corrected chi connectivity index (χ3v) is 9.16. The van der Waals surface area contributed by atoms with Crippen LogP contribution < -0.4 is 9.47 Å². The minimum atomic E-state index is -0.244. The summed E-state index contributed by atoms with van der Waals surface area (Å²) in [6.07, 6.45) is 6.80. The van der Waals surface area contributed by atoms with Crippen molar-refractivity contribution in [2.24, 2.45) is 11.8 Å². The average Bonchev–Trinajstić information content (AvgIpc) is 3.40. The molecule has 3 aromatic rings. The lowest BCUT2D eigenvalue weighted by Gasteiger charge is -2.26. The van der Waals surface area contributed by atoms with Crippen LogP contribution in [0.4, 0.5) is 0 Å². The number of methoxy groups -OCH3 is 2. The van der Waals surface area contributed by atoms with Gasteiger partial charge in [0, 0.05) is 19.8 Å². The van der Waals surface area contributed by atoms with Crippen LogP contribution in [0.5, 0.6) is 11.5 Å². The number of hydrogen-bond acceptors (Lipinski definition) is 8. The second-order valence-corrected chi connectivity index (χ2v) is 11.9. The molecule has 2 saturated carbocycles. The van der Waals surface area contributed by atoms with Crippen LogP contribution in [0, 0.1) is 25.7 Å². The average molecular weight is 552 g/mol. The number of benzene rings is 2. The van der Waals surface area contributed by atoms with Crippen molar-refractivity contribution in [2.45, 2.75) is 77.4 Å². The van der Waals surface area contributed by atoms with Crippen LogP contribution in [-0.2, 0) is 19.1 Å². The minimum absolute atomic E-state index is 0.155. The van der Waals surface area contributed by atoms with Gasteiger partial charge in [0.15, 0.2) is 11.5 Å². The van der Waals surface area contributed by atoms with Gasteiger partial charge in [-0.05, 0) is 89.5 Å². The van der Waals surface area contributed by atoms with E-state index in [-0.39, 0.29) is 36.0 Å². The maximum Gasteiger partial charge on any atom is 0.314 e. The van der Waals surface area contributed by atoms with Crippen molar-refractivity contribution in [3.05, 3.63) is 41.5 Å². The van der Waals surface area contributed by atoms with E-state index in [0.29, 0.717) is 21.7 Å². The Labute approximate surface area is 233 Å². The van der Waals surface area contributed by atoms with E-state index in [0.717, 1.165) is 73.1 Å². The number of ether oxygens (including phenoxy) is 4. The van der Waals surface area contributed by atoms with Crippen LogP contribution in [0.15, 0.2) is 30.3 Å². The SMILES string of the molecule is COC1CCC(C(=O)Oc2ccc(OC(=O)C3CCC(OC)CC3)c3sc(-c4cc(C)cc(C)c4)nc23)CC1. The molecule has 0 aliphatic heterocycles. The van der Waals surface area contributed by atoms with Gasteiger partial charge in [0.2, 0.25) is 0 Å². The second-order valence-electron chi connectivity index (χ2n) is 10.9. The van der Waals surface area contributed by atoms with Crippen LogP contribution in [0.25, 0.3) is 20.8 Å². The first kappa shape index (κ1) is 27.7. The molecule has 208 valence electrons. The zero-order chi connectivity index (χ0) is 27.5. The lowest BCUT2D eigenvalue weighted by Crippen LogP contribution is -2.28. The van der Waals surface area contributed by atoms with Crippen molar-refractivity contribution in [1.82, 2.24) is 4.98 Å². The molecule has 2 aliphatic carbocycles. The Morgan fingerprint density at radius 1 is 0.744 bits per heavy atom. The highest BCUT2D eigenvalue weighted by Crippen LogP contribution is 2.42. The molecule has 0 spiro atoms. The molecule has 8 heteroatoms. The molecule has 0 unspecified atom stereocenters. The number of carbonyl (C=O) groups is 2. The summed E-state index contributed by atoms with van der Waals surface area (Å²) in [5, 5.41) is 0.791. The highest BCUT2D eigenvalue weighted by Gasteiger charge is 2.30. The third-order valence-electron chi connectivity index (χ3n) is 8.04. The number of thiazole rings is 1. The summed E-state index contributed by atoms with van der Waals surface area (Å²) in [6.45, 7) is 4.11. The van der Waals surface area contributed by atoms with E-state index in [1.54, 1.807) is 26.4 Å². The highest BCUT2D eigenvalue weighted by atomic mass is 32.1. The number of esters is 2. The first-order valence-corrected chi connectivity index (χ1v) is 14.7. The predicted octanol–water partition coefficient (Wildman–Crippen LogP) is 6.80. The molecule has 2 aromatic carbocycles. The van der Waals surface area contributed by atoms with E-state index in [1.165, 1.54) is 11.3 Å². The van der Waals surface area contributed by atoms with E-state index >= 15 is 0 Å². The molecule has 0 N–H and O–H groups in total. The van der Waals surface area contributed by atoms with Crippen LogP contribution >= 0.6 is 11.3 Å². The third kappa shape index (κ3) is 6.34. The molecule has 0 atom stereocenters. The topological polar surface area (TPSA) is 84.0 Å².